The van der Waals surface area contributed by atoms with E-state index in [2.05, 4.69) is 0 Å². The Balaban J connectivity index is 2.73. The van der Waals surface area contributed by atoms with Gasteiger partial charge in [0.15, 0.2) is 0 Å². The molecule has 1 aromatic carbocycles. The molecule has 1 rings (SSSR count). The van der Waals surface area contributed by atoms with E-state index < -0.39 is 6.10 Å². The van der Waals surface area contributed by atoms with E-state index in [0.717, 1.165) is 17.7 Å². The lowest BCUT2D eigenvalue weighted by Gasteiger charge is -2.11. The molecule has 1 unspecified atom stereocenters. The highest BCUT2D eigenvalue weighted by atomic mass is 35.5. The zero-order chi connectivity index (χ0) is 11.3. The summed E-state index contributed by atoms with van der Waals surface area (Å²) in [4.78, 5) is 0. The molecule has 0 aromatic heterocycles. The van der Waals surface area contributed by atoms with Crippen LogP contribution >= 0.6 is 23.4 Å². The van der Waals surface area contributed by atoms with Gasteiger partial charge in [0.1, 0.15) is 5.75 Å². The monoisotopic (exact) mass is 246 g/mol. The highest BCUT2D eigenvalue weighted by Gasteiger charge is 2.09. The molecule has 0 aliphatic carbocycles. The van der Waals surface area contributed by atoms with Crippen molar-refractivity contribution in [1.29, 1.82) is 0 Å². The van der Waals surface area contributed by atoms with Crippen molar-refractivity contribution in [1.82, 2.24) is 0 Å². The highest BCUT2D eigenvalue weighted by molar-refractivity contribution is 7.98. The van der Waals surface area contributed by atoms with Gasteiger partial charge in [-0.2, -0.15) is 11.8 Å². The fourth-order valence-corrected chi connectivity index (χ4v) is 2.01. The predicted octanol–water partition coefficient (Wildman–Crippen LogP) is 3.14. The Kier molecular flexibility index (Phi) is 5.29. The van der Waals surface area contributed by atoms with E-state index in [1.807, 2.05) is 12.3 Å². The smallest absolute Gasteiger partial charge is 0.137 e. The number of aliphatic hydroxyl groups excluding tert-OH is 1. The molecule has 0 heterocycles. The molecule has 0 saturated carbocycles. The van der Waals surface area contributed by atoms with Gasteiger partial charge >= 0.3 is 0 Å². The fraction of sp³-hybridized carbons (Fsp3) is 0.455. The van der Waals surface area contributed by atoms with E-state index in [1.54, 1.807) is 31.0 Å². The minimum atomic E-state index is -0.444. The first kappa shape index (κ1) is 12.7. The van der Waals surface area contributed by atoms with Crippen LogP contribution in [0.15, 0.2) is 18.2 Å². The number of aliphatic hydroxyl groups is 1. The molecule has 0 aliphatic heterocycles. The Labute approximate surface area is 99.6 Å². The second-order valence-corrected chi connectivity index (χ2v) is 4.58. The zero-order valence-electron chi connectivity index (χ0n) is 8.87. The van der Waals surface area contributed by atoms with Crippen LogP contribution in [0.2, 0.25) is 5.02 Å². The average Bonchev–Trinajstić information content (AvgIpc) is 2.25. The SMILES string of the molecule is COc1ccc(C(O)CCSC)cc1Cl. The van der Waals surface area contributed by atoms with Gasteiger partial charge in [-0.15, -0.1) is 0 Å². The molecule has 1 atom stereocenters. The van der Waals surface area contributed by atoms with Crippen molar-refractivity contribution >= 4 is 23.4 Å². The van der Waals surface area contributed by atoms with Crippen LogP contribution < -0.4 is 4.74 Å². The summed E-state index contributed by atoms with van der Waals surface area (Å²) >= 11 is 7.69. The molecule has 4 heteroatoms. The Morgan fingerprint density at radius 3 is 2.80 bits per heavy atom. The van der Waals surface area contributed by atoms with Crippen LogP contribution in [0.1, 0.15) is 18.1 Å². The third-order valence-corrected chi connectivity index (χ3v) is 3.10. The number of hydrogen-bond acceptors (Lipinski definition) is 3. The normalized spacial score (nSPS) is 12.5. The summed E-state index contributed by atoms with van der Waals surface area (Å²) in [6, 6.07) is 5.38. The summed E-state index contributed by atoms with van der Waals surface area (Å²) in [7, 11) is 1.57. The maximum absolute atomic E-state index is 9.83. The lowest BCUT2D eigenvalue weighted by Crippen LogP contribution is -1.99. The summed E-state index contributed by atoms with van der Waals surface area (Å²) in [5.74, 6) is 1.57. The fourth-order valence-electron chi connectivity index (χ4n) is 1.29. The van der Waals surface area contributed by atoms with Crippen LogP contribution in [0.5, 0.6) is 5.75 Å². The number of hydrogen-bond donors (Lipinski definition) is 1. The Morgan fingerprint density at radius 1 is 1.53 bits per heavy atom. The molecule has 15 heavy (non-hydrogen) atoms. The Hall–Kier alpha value is -0.380. The molecule has 0 bridgehead atoms. The number of ether oxygens (including phenoxy) is 1. The molecular formula is C11H15ClO2S. The van der Waals surface area contributed by atoms with Crippen molar-refractivity contribution in [3.63, 3.8) is 0 Å². The molecular weight excluding hydrogens is 232 g/mol. The highest BCUT2D eigenvalue weighted by Crippen LogP contribution is 2.28. The second-order valence-electron chi connectivity index (χ2n) is 3.19. The average molecular weight is 247 g/mol. The van der Waals surface area contributed by atoms with E-state index in [9.17, 15) is 5.11 Å². The van der Waals surface area contributed by atoms with Crippen molar-refractivity contribution < 1.29 is 9.84 Å². The predicted molar refractivity (Wildman–Crippen MR) is 66.0 cm³/mol. The summed E-state index contributed by atoms with van der Waals surface area (Å²) in [6.07, 6.45) is 2.32. The van der Waals surface area contributed by atoms with Gasteiger partial charge in [-0.1, -0.05) is 17.7 Å². The minimum absolute atomic E-state index is 0.444. The van der Waals surface area contributed by atoms with E-state index in [0.29, 0.717) is 10.8 Å². The van der Waals surface area contributed by atoms with Crippen LogP contribution in [0, 0.1) is 0 Å². The van der Waals surface area contributed by atoms with Crippen LogP contribution in [-0.4, -0.2) is 24.2 Å². The van der Waals surface area contributed by atoms with Gasteiger partial charge in [0.25, 0.3) is 0 Å². The summed E-state index contributed by atoms with van der Waals surface area (Å²) in [6.45, 7) is 0. The Bertz CT molecular complexity index is 317. The molecule has 1 aromatic rings. The number of rotatable bonds is 5. The molecule has 1 N–H and O–H groups in total. The quantitative estimate of drug-likeness (QED) is 0.866. The molecule has 0 aliphatic rings. The van der Waals surface area contributed by atoms with E-state index in [-0.39, 0.29) is 0 Å². The molecule has 0 saturated heterocycles. The van der Waals surface area contributed by atoms with E-state index >= 15 is 0 Å². The van der Waals surface area contributed by atoms with Crippen LogP contribution in [0.4, 0.5) is 0 Å². The molecule has 0 spiro atoms. The maximum Gasteiger partial charge on any atom is 0.137 e. The van der Waals surface area contributed by atoms with E-state index in [4.69, 9.17) is 16.3 Å². The second kappa shape index (κ2) is 6.26. The third kappa shape index (κ3) is 3.59. The molecule has 84 valence electrons. The summed E-state index contributed by atoms with van der Waals surface area (Å²) < 4.78 is 5.04. The van der Waals surface area contributed by atoms with E-state index in [1.165, 1.54) is 0 Å². The van der Waals surface area contributed by atoms with Crippen molar-refractivity contribution in [3.05, 3.63) is 28.8 Å². The van der Waals surface area contributed by atoms with Gasteiger partial charge < -0.3 is 9.84 Å². The topological polar surface area (TPSA) is 29.5 Å². The maximum atomic E-state index is 9.83. The summed E-state index contributed by atoms with van der Waals surface area (Å²) in [5.41, 5.74) is 0.842. The first-order chi connectivity index (χ1) is 7.19. The van der Waals surface area contributed by atoms with Crippen molar-refractivity contribution in [2.24, 2.45) is 0 Å². The van der Waals surface area contributed by atoms with Gasteiger partial charge in [-0.05, 0) is 36.1 Å². The first-order valence-electron chi connectivity index (χ1n) is 4.69. The first-order valence-corrected chi connectivity index (χ1v) is 6.46. The number of halogens is 1. The van der Waals surface area contributed by atoms with Gasteiger partial charge in [-0.25, -0.2) is 0 Å². The van der Waals surface area contributed by atoms with Crippen LogP contribution in [-0.2, 0) is 0 Å². The molecule has 2 nitrogen and oxygen atoms in total. The largest absolute Gasteiger partial charge is 0.495 e. The molecule has 0 radical (unpaired) electrons. The van der Waals surface area contributed by atoms with Gasteiger partial charge in [0.2, 0.25) is 0 Å². The lowest BCUT2D eigenvalue weighted by molar-refractivity contribution is 0.175. The third-order valence-electron chi connectivity index (χ3n) is 2.16. The van der Waals surface area contributed by atoms with Crippen LogP contribution in [0.3, 0.4) is 0 Å². The summed E-state index contributed by atoms with van der Waals surface area (Å²) in [5, 5.41) is 10.4. The van der Waals surface area contributed by atoms with Gasteiger partial charge in [0.05, 0.1) is 18.2 Å². The molecule has 0 fully saturated rings. The van der Waals surface area contributed by atoms with Crippen molar-refractivity contribution in [2.45, 2.75) is 12.5 Å². The molecule has 0 amide bonds. The number of benzene rings is 1. The van der Waals surface area contributed by atoms with Crippen molar-refractivity contribution in [3.8, 4) is 5.75 Å². The van der Waals surface area contributed by atoms with Gasteiger partial charge in [-0.3, -0.25) is 0 Å². The Morgan fingerprint density at radius 2 is 2.27 bits per heavy atom. The lowest BCUT2D eigenvalue weighted by atomic mass is 10.1. The van der Waals surface area contributed by atoms with Crippen molar-refractivity contribution in [2.75, 3.05) is 19.1 Å². The van der Waals surface area contributed by atoms with Gasteiger partial charge in [0, 0.05) is 0 Å². The minimum Gasteiger partial charge on any atom is -0.495 e. The number of methoxy groups -OCH3 is 1. The zero-order valence-corrected chi connectivity index (χ0v) is 10.4. The number of thioether (sulfide) groups is 1. The van der Waals surface area contributed by atoms with Crippen LogP contribution in [0.25, 0.3) is 0 Å². The standard InChI is InChI=1S/C11H15ClO2S/c1-14-11-4-3-8(7-9(11)12)10(13)5-6-15-2/h3-4,7,10,13H,5-6H2,1-2H3.